The summed E-state index contributed by atoms with van der Waals surface area (Å²) in [5, 5.41) is 3.23. The van der Waals surface area contributed by atoms with Crippen molar-refractivity contribution in [1.29, 1.82) is 0 Å². The van der Waals surface area contributed by atoms with Crippen LogP contribution >= 0.6 is 27.7 Å². The van der Waals surface area contributed by atoms with E-state index in [0.29, 0.717) is 6.04 Å². The van der Waals surface area contributed by atoms with Crippen molar-refractivity contribution in [3.05, 3.63) is 28.2 Å². The quantitative estimate of drug-likeness (QED) is 0.819. The van der Waals surface area contributed by atoms with Crippen LogP contribution in [0.5, 0.6) is 0 Å². The molecule has 0 aliphatic rings. The minimum atomic E-state index is 0.558. The summed E-state index contributed by atoms with van der Waals surface area (Å²) in [5.41, 5.74) is 2.66. The number of hydrogen-bond donors (Lipinski definition) is 1. The van der Waals surface area contributed by atoms with Gasteiger partial charge in [0.2, 0.25) is 0 Å². The van der Waals surface area contributed by atoms with Gasteiger partial charge in [0.25, 0.3) is 0 Å². The van der Waals surface area contributed by atoms with E-state index >= 15 is 0 Å². The van der Waals surface area contributed by atoms with Gasteiger partial charge in [-0.15, -0.1) is 0 Å². The Kier molecular flexibility index (Phi) is 7.12. The van der Waals surface area contributed by atoms with Crippen molar-refractivity contribution in [2.24, 2.45) is 0 Å². The molecule has 2 nitrogen and oxygen atoms in total. The van der Waals surface area contributed by atoms with Gasteiger partial charge in [-0.25, -0.2) is 0 Å². The van der Waals surface area contributed by atoms with Crippen molar-refractivity contribution in [3.63, 3.8) is 0 Å². The third-order valence-corrected chi connectivity index (χ3v) is 4.33. The molecule has 1 N–H and O–H groups in total. The normalized spacial score (nSPS) is 12.5. The molecule has 0 bridgehead atoms. The molecule has 0 saturated heterocycles. The molecule has 1 rings (SSSR count). The Morgan fingerprint density at radius 3 is 2.78 bits per heavy atom. The summed E-state index contributed by atoms with van der Waals surface area (Å²) in [7, 11) is 4.18. The molecular weight excluding hydrogens is 308 g/mol. The molecule has 1 unspecified atom stereocenters. The molecule has 4 heteroatoms. The second kappa shape index (κ2) is 8.08. The maximum Gasteiger partial charge on any atom is 0.0422 e. The Balaban J connectivity index is 2.87. The fraction of sp³-hybridized carbons (Fsp3) is 0.571. The van der Waals surface area contributed by atoms with E-state index in [2.05, 4.69) is 64.6 Å². The van der Waals surface area contributed by atoms with E-state index < -0.39 is 0 Å². The van der Waals surface area contributed by atoms with Gasteiger partial charge in [-0.05, 0) is 50.1 Å². The number of halogens is 1. The maximum absolute atomic E-state index is 3.57. The Hall–Kier alpha value is -0.190. The molecule has 0 aliphatic carbocycles. The standard InChI is InChI=1S/C14H23BrN2S/c1-11(7-8-18-4)17(3)14-9-13(15)6-5-12(14)10-16-2/h5-6,9,11,16H,7-8,10H2,1-4H3. The SMILES string of the molecule is CNCc1ccc(Br)cc1N(C)C(C)CCSC. The zero-order chi connectivity index (χ0) is 13.5. The molecule has 0 spiro atoms. The predicted octanol–water partition coefficient (Wildman–Crippen LogP) is 3.75. The highest BCUT2D eigenvalue weighted by Gasteiger charge is 2.13. The summed E-state index contributed by atoms with van der Waals surface area (Å²) >= 11 is 5.48. The van der Waals surface area contributed by atoms with Crippen molar-refractivity contribution in [3.8, 4) is 0 Å². The second-order valence-electron chi connectivity index (χ2n) is 4.54. The highest BCUT2D eigenvalue weighted by atomic mass is 79.9. The van der Waals surface area contributed by atoms with Gasteiger partial charge in [-0.2, -0.15) is 11.8 Å². The van der Waals surface area contributed by atoms with Crippen LogP contribution in [0.3, 0.4) is 0 Å². The highest BCUT2D eigenvalue weighted by molar-refractivity contribution is 9.10. The molecule has 0 amide bonds. The topological polar surface area (TPSA) is 15.3 Å². The number of thioether (sulfide) groups is 1. The lowest BCUT2D eigenvalue weighted by atomic mass is 10.1. The van der Waals surface area contributed by atoms with E-state index in [1.54, 1.807) is 0 Å². The van der Waals surface area contributed by atoms with Crippen LogP contribution in [0.2, 0.25) is 0 Å². The Bertz CT molecular complexity index is 371. The number of nitrogens with zero attached hydrogens (tertiary/aromatic N) is 1. The molecule has 0 fully saturated rings. The van der Waals surface area contributed by atoms with E-state index in [4.69, 9.17) is 0 Å². The Morgan fingerprint density at radius 1 is 1.44 bits per heavy atom. The predicted molar refractivity (Wildman–Crippen MR) is 87.8 cm³/mol. The summed E-state index contributed by atoms with van der Waals surface area (Å²) in [5.74, 6) is 1.21. The van der Waals surface area contributed by atoms with Crippen molar-refractivity contribution < 1.29 is 0 Å². The van der Waals surface area contributed by atoms with Crippen molar-refractivity contribution in [2.45, 2.75) is 25.9 Å². The van der Waals surface area contributed by atoms with Gasteiger partial charge in [0.05, 0.1) is 0 Å². The first-order chi connectivity index (χ1) is 8.60. The minimum Gasteiger partial charge on any atom is -0.372 e. The third-order valence-electron chi connectivity index (χ3n) is 3.20. The van der Waals surface area contributed by atoms with Gasteiger partial charge in [-0.3, -0.25) is 0 Å². The lowest BCUT2D eigenvalue weighted by molar-refractivity contribution is 0.664. The first-order valence-corrected chi connectivity index (χ1v) is 8.43. The molecule has 0 aromatic heterocycles. The molecule has 1 atom stereocenters. The summed E-state index contributed by atoms with van der Waals surface area (Å²) in [6.07, 6.45) is 3.38. The molecule has 0 saturated carbocycles. The van der Waals surface area contributed by atoms with Gasteiger partial charge in [0, 0.05) is 29.8 Å². The second-order valence-corrected chi connectivity index (χ2v) is 6.45. The molecule has 18 heavy (non-hydrogen) atoms. The third kappa shape index (κ3) is 4.48. The van der Waals surface area contributed by atoms with Crippen molar-refractivity contribution >= 4 is 33.4 Å². The van der Waals surface area contributed by atoms with Gasteiger partial charge in [-0.1, -0.05) is 22.0 Å². The zero-order valence-corrected chi connectivity index (χ0v) is 14.1. The van der Waals surface area contributed by atoms with Gasteiger partial charge in [0.1, 0.15) is 0 Å². The van der Waals surface area contributed by atoms with Crippen LogP contribution in [0, 0.1) is 0 Å². The van der Waals surface area contributed by atoms with Gasteiger partial charge >= 0.3 is 0 Å². The average Bonchev–Trinajstić information content (AvgIpc) is 2.37. The highest BCUT2D eigenvalue weighted by Crippen LogP contribution is 2.26. The molecule has 0 heterocycles. The molecule has 0 radical (unpaired) electrons. The van der Waals surface area contributed by atoms with Crippen molar-refractivity contribution in [2.75, 3.05) is 31.0 Å². The number of hydrogen-bond acceptors (Lipinski definition) is 3. The fourth-order valence-electron chi connectivity index (χ4n) is 1.92. The lowest BCUT2D eigenvalue weighted by Crippen LogP contribution is -2.30. The average molecular weight is 331 g/mol. The summed E-state index contributed by atoms with van der Waals surface area (Å²) < 4.78 is 1.14. The van der Waals surface area contributed by atoms with Crippen LogP contribution in [0.25, 0.3) is 0 Å². The summed E-state index contributed by atoms with van der Waals surface area (Å²) in [4.78, 5) is 2.38. The number of anilines is 1. The summed E-state index contributed by atoms with van der Waals surface area (Å²) in [6.45, 7) is 3.20. The Labute approximate surface area is 124 Å². The maximum atomic E-state index is 3.57. The van der Waals surface area contributed by atoms with Crippen molar-refractivity contribution in [1.82, 2.24) is 5.32 Å². The molecule has 0 aliphatic heterocycles. The molecule has 102 valence electrons. The Morgan fingerprint density at radius 2 is 2.17 bits per heavy atom. The van der Waals surface area contributed by atoms with E-state index in [1.165, 1.54) is 23.4 Å². The first kappa shape index (κ1) is 15.9. The van der Waals surface area contributed by atoms with Crippen LogP contribution in [0.4, 0.5) is 5.69 Å². The van der Waals surface area contributed by atoms with E-state index in [-0.39, 0.29) is 0 Å². The molecular formula is C14H23BrN2S. The smallest absolute Gasteiger partial charge is 0.0422 e. The van der Waals surface area contributed by atoms with E-state index in [9.17, 15) is 0 Å². The first-order valence-electron chi connectivity index (χ1n) is 6.25. The number of benzene rings is 1. The van der Waals surface area contributed by atoms with Crippen LogP contribution in [0.15, 0.2) is 22.7 Å². The number of rotatable bonds is 7. The van der Waals surface area contributed by atoms with Crippen LogP contribution in [-0.2, 0) is 6.54 Å². The van der Waals surface area contributed by atoms with Crippen LogP contribution in [0.1, 0.15) is 18.9 Å². The fourth-order valence-corrected chi connectivity index (χ4v) is 2.85. The van der Waals surface area contributed by atoms with E-state index in [1.807, 2.05) is 18.8 Å². The van der Waals surface area contributed by atoms with Crippen LogP contribution in [-0.4, -0.2) is 32.1 Å². The minimum absolute atomic E-state index is 0.558. The number of nitrogens with one attached hydrogen (secondary N) is 1. The molecule has 1 aromatic rings. The van der Waals surface area contributed by atoms with Gasteiger partial charge in [0.15, 0.2) is 0 Å². The zero-order valence-electron chi connectivity index (χ0n) is 11.7. The monoisotopic (exact) mass is 330 g/mol. The lowest BCUT2D eigenvalue weighted by Gasteiger charge is -2.29. The van der Waals surface area contributed by atoms with Crippen LogP contribution < -0.4 is 10.2 Å². The van der Waals surface area contributed by atoms with E-state index in [0.717, 1.165) is 11.0 Å². The van der Waals surface area contributed by atoms with Gasteiger partial charge < -0.3 is 10.2 Å². The summed E-state index contributed by atoms with van der Waals surface area (Å²) in [6, 6.07) is 7.06. The molecule has 1 aromatic carbocycles. The largest absolute Gasteiger partial charge is 0.372 e.